The second kappa shape index (κ2) is 34.1. The molecule has 0 spiro atoms. The highest BCUT2D eigenvalue weighted by atomic mass is 16.6. The summed E-state index contributed by atoms with van der Waals surface area (Å²) in [5.41, 5.74) is 2.00. The van der Waals surface area contributed by atoms with Crippen LogP contribution in [0.3, 0.4) is 0 Å². The third-order valence-electron chi connectivity index (χ3n) is 31.0. The van der Waals surface area contributed by atoms with Gasteiger partial charge in [0.25, 0.3) is 0 Å². The molecule has 0 aromatic carbocycles. The lowest BCUT2D eigenvalue weighted by molar-refractivity contribution is -0.553. The smallest absolute Gasteiger partial charge is 0.333 e. The number of carboxylic acid groups (broad SMARTS) is 1. The van der Waals surface area contributed by atoms with Crippen LogP contribution in [0.15, 0.2) is 74.4 Å². The van der Waals surface area contributed by atoms with Crippen LogP contribution in [0.2, 0.25) is 0 Å². The van der Waals surface area contributed by atoms with Crippen molar-refractivity contribution in [3.8, 4) is 6.07 Å². The number of rotatable bonds is 17. The number of ether oxygens (including phenoxy) is 3. The third kappa shape index (κ3) is 17.2. The van der Waals surface area contributed by atoms with E-state index in [1.165, 1.54) is 115 Å². The molecule has 107 heavy (non-hydrogen) atoms. The Bertz CT molecular complexity index is 3270. The Balaban J connectivity index is 0.000000120. The molecule has 0 saturated heterocycles. The molecule has 22 rings (SSSR count). The molecule has 3 unspecified atom stereocenters. The van der Waals surface area contributed by atoms with Crippen LogP contribution in [0, 0.1) is 163 Å². The Morgan fingerprint density at radius 3 is 1.46 bits per heavy atom. The van der Waals surface area contributed by atoms with Crippen LogP contribution in [-0.2, 0) is 47.8 Å². The number of nitrogens with zero attached hydrogens (tertiary/aromatic N) is 4. The maximum absolute atomic E-state index is 12.4. The van der Waals surface area contributed by atoms with E-state index in [0.717, 1.165) is 138 Å². The fourth-order valence-electron chi connectivity index (χ4n) is 27.8. The molecule has 4 amide bonds. The first-order chi connectivity index (χ1) is 51.1. The minimum absolute atomic E-state index is 0.00855. The number of hydrogen-bond donors (Lipinski definition) is 3. The lowest BCUT2D eigenvalue weighted by Crippen LogP contribution is -2.61. The summed E-state index contributed by atoms with van der Waals surface area (Å²) < 4.78 is 16.4. The predicted molar refractivity (Wildman–Crippen MR) is 409 cm³/mol. The molecule has 0 heterocycles. The fraction of sp³-hybridized carbons (Fsp3) is 0.773. The number of amides is 4. The largest absolute Gasteiger partial charge is 0.481 e. The van der Waals surface area contributed by atoms with Gasteiger partial charge < -0.3 is 39.8 Å². The van der Waals surface area contributed by atoms with Gasteiger partial charge in [-0.25, -0.2) is 9.59 Å². The minimum Gasteiger partial charge on any atom is -0.481 e. The van der Waals surface area contributed by atoms with E-state index in [1.54, 1.807) is 20.8 Å². The van der Waals surface area contributed by atoms with Crippen molar-refractivity contribution >= 4 is 41.5 Å². The van der Waals surface area contributed by atoms with Crippen molar-refractivity contribution in [2.45, 2.75) is 256 Å². The van der Waals surface area contributed by atoms with Crippen LogP contribution in [0.5, 0.6) is 0 Å². The van der Waals surface area contributed by atoms with E-state index in [-0.39, 0.29) is 76.4 Å². The quantitative estimate of drug-likeness (QED) is 0.0529. The van der Waals surface area contributed by atoms with E-state index >= 15 is 0 Å². The molecule has 0 aliphatic heterocycles. The molecule has 22 fully saturated rings. The normalized spacial score (nSPS) is 42.1. The van der Waals surface area contributed by atoms with Crippen LogP contribution < -0.4 is 10.6 Å². The summed E-state index contributed by atoms with van der Waals surface area (Å²) in [6, 6.07) is 3.50. The molecule has 19 nitrogen and oxygen atoms in total. The fourth-order valence-corrected chi connectivity index (χ4v) is 27.8. The molecule has 22 aliphatic carbocycles. The van der Waals surface area contributed by atoms with Gasteiger partial charge in [0.05, 0.1) is 30.6 Å². The topological polar surface area (TPSA) is 265 Å². The van der Waals surface area contributed by atoms with E-state index in [0.29, 0.717) is 130 Å². The van der Waals surface area contributed by atoms with Crippen LogP contribution in [-0.4, -0.2) is 131 Å². The number of likely N-dealkylation sites (N-methyl/N-ethyl adjacent to an activating group) is 2. The van der Waals surface area contributed by atoms with Crippen molar-refractivity contribution in [3.63, 3.8) is 0 Å². The van der Waals surface area contributed by atoms with Crippen LogP contribution in [0.1, 0.15) is 214 Å². The molecular formula is C88H128N6O13. The molecule has 22 aliphatic rings. The number of carbonyl (C=O) groups is 7. The summed E-state index contributed by atoms with van der Waals surface area (Å²) in [4.78, 5) is 96.6. The molecule has 588 valence electrons. The summed E-state index contributed by atoms with van der Waals surface area (Å²) in [6.07, 6.45) is 38.8. The van der Waals surface area contributed by atoms with Crippen molar-refractivity contribution < 1.29 is 57.8 Å². The highest BCUT2D eigenvalue weighted by Gasteiger charge is 2.61. The van der Waals surface area contributed by atoms with Gasteiger partial charge in [0.15, 0.2) is 0 Å². The van der Waals surface area contributed by atoms with Gasteiger partial charge in [-0.2, -0.15) is 5.26 Å². The first kappa shape index (κ1) is 80.1. The predicted octanol–water partition coefficient (Wildman–Crippen LogP) is 14.6. The van der Waals surface area contributed by atoms with E-state index in [4.69, 9.17) is 14.2 Å². The number of fused-ring (bicyclic) bond motifs is 1. The van der Waals surface area contributed by atoms with E-state index in [2.05, 4.69) is 56.2 Å². The number of carbonyl (C=O) groups excluding carboxylic acids is 6. The van der Waals surface area contributed by atoms with Gasteiger partial charge in [-0.15, -0.1) is 0 Å². The molecule has 0 aromatic rings. The van der Waals surface area contributed by atoms with Gasteiger partial charge in [0.2, 0.25) is 29.7 Å². The number of nitriles is 1. The first-order valence-corrected chi connectivity index (χ1v) is 41.8. The number of esters is 2. The summed E-state index contributed by atoms with van der Waals surface area (Å²) in [7, 11) is 3.77. The van der Waals surface area contributed by atoms with E-state index in [1.807, 2.05) is 30.9 Å². The molecule has 22 saturated carbocycles. The zero-order chi connectivity index (χ0) is 76.6. The third-order valence-corrected chi connectivity index (χ3v) is 31.0. The second-order valence-corrected chi connectivity index (χ2v) is 37.6. The maximum Gasteiger partial charge on any atom is 0.333 e. The standard InChI is InChI=1S/C17H25NO3.C15H20N2O.C15H22O2.C14H20N2O3.C14H21NO2.C13H20O2/c1-4-18(16(19)9(2)3)15-12-5-10-6-13(15)8-11(7-12)14(10)17(20)21;1-3-14(18)17(2)15-11-4-9-5-12(15)7-10(6-11)13(9)8-16;1-10(2)14(16)17-9-15-6-11-3-12(7-15)5-13(4-11)8-15;1-7(2)14(17)15-12-8-3-10-5-9(12)6-11(4-8)13(10)16(18)19;1-3-12(16)15-13-8-4-10-6-9(13)7-11(5-8)14(10)17-2;1-2-13(14)15-12-8-7-10-5-3-4-6-11(10)9-12/h10-15H,2,4-8H2,1,3H3,(H,20,21);3,9-13,15H,1,4-7H2,2H3;11-13H,1,3-9H2,2H3;8-13H,1,3-6H2,2H3,(H,15,17);3,8-11,13-14H,1,4-7H2,2H3,(H,15,16);2,10-12H,1,3-9H2. The van der Waals surface area contributed by atoms with Crippen molar-refractivity contribution in [2.75, 3.05) is 27.3 Å². The average molecular weight is 1480 g/mol. The van der Waals surface area contributed by atoms with E-state index in [9.17, 15) is 54.0 Å². The first-order valence-electron chi connectivity index (χ1n) is 41.8. The zero-order valence-electron chi connectivity index (χ0n) is 65.4. The Morgan fingerprint density at radius 2 is 1.04 bits per heavy atom. The Kier molecular flexibility index (Phi) is 25.5. The summed E-state index contributed by atoms with van der Waals surface area (Å²) in [5.74, 6) is 11.9. The number of methoxy groups -OCH3 is 1. The summed E-state index contributed by atoms with van der Waals surface area (Å²) in [5, 5.41) is 36.1. The Hall–Kier alpha value is -6.42. The van der Waals surface area contributed by atoms with Crippen LogP contribution in [0.25, 0.3) is 0 Å². The summed E-state index contributed by atoms with van der Waals surface area (Å²) in [6.45, 7) is 30.3. The Morgan fingerprint density at radius 1 is 0.570 bits per heavy atom. The number of nitrogens with one attached hydrogen (secondary N) is 2. The van der Waals surface area contributed by atoms with Gasteiger partial charge >= 0.3 is 17.9 Å². The number of nitro groups is 1. The van der Waals surface area contributed by atoms with Crippen molar-refractivity contribution in [1.82, 2.24) is 20.4 Å². The maximum atomic E-state index is 12.4. The number of carboxylic acids is 1. The highest BCUT2D eigenvalue weighted by Crippen LogP contribution is 2.63. The zero-order valence-corrected chi connectivity index (χ0v) is 65.4. The van der Waals surface area contributed by atoms with Crippen LogP contribution >= 0.6 is 0 Å². The average Bonchev–Trinajstić information content (AvgIpc) is 0.745. The minimum atomic E-state index is -0.606. The molecule has 0 radical (unpaired) electrons. The monoisotopic (exact) mass is 1480 g/mol. The molecule has 0 aromatic heterocycles. The van der Waals surface area contributed by atoms with Gasteiger partial charge in [-0.05, 0) is 313 Å². The lowest BCUT2D eigenvalue weighted by atomic mass is 9.49. The molecule has 3 N–H and O–H groups in total. The molecule has 19 heteroatoms. The molecule has 20 bridgehead atoms. The summed E-state index contributed by atoms with van der Waals surface area (Å²) >= 11 is 0. The second-order valence-electron chi connectivity index (χ2n) is 37.6. The molecule has 3 atom stereocenters. The van der Waals surface area contributed by atoms with Gasteiger partial charge in [0, 0.05) is 89.8 Å². The van der Waals surface area contributed by atoms with E-state index < -0.39 is 5.97 Å². The highest BCUT2D eigenvalue weighted by molar-refractivity contribution is 5.93. The Labute approximate surface area is 637 Å². The molecular weight excluding hydrogens is 1350 g/mol. The van der Waals surface area contributed by atoms with Crippen molar-refractivity contribution in [3.05, 3.63) is 84.5 Å². The van der Waals surface area contributed by atoms with Gasteiger partial charge in [-0.1, -0.05) is 65.2 Å². The number of hydrogen-bond acceptors (Lipinski definition) is 13. The van der Waals surface area contributed by atoms with Gasteiger partial charge in [-0.3, -0.25) is 34.1 Å². The number of aliphatic carboxylic acids is 1. The van der Waals surface area contributed by atoms with Gasteiger partial charge in [0.1, 0.15) is 6.10 Å². The van der Waals surface area contributed by atoms with Crippen molar-refractivity contribution in [2.24, 2.45) is 142 Å². The van der Waals surface area contributed by atoms with Crippen molar-refractivity contribution in [1.29, 1.82) is 5.26 Å². The SMILES string of the molecule is C=C(C)C(=O)N(CC)C1C2CC3CC1CC(C2)C3C(=O)O.C=C(C)C(=O)NC1C2CC3CC1CC(C2)C3[N+](=O)[O-].C=C(C)C(=O)OCC12CC3CC(CC(C3)C1)C2.C=CC(=O)N(C)C1C2CC3CC1CC(C2)C3C#N.C=CC(=O)NC1C2CC3CC1CC(C2)C3OC.C=CC(=O)OC1CCC2CCCCC2C1. The van der Waals surface area contributed by atoms with Crippen LogP contribution in [0.4, 0.5) is 0 Å². The lowest BCUT2D eigenvalue weighted by Gasteiger charge is -2.59.